The van der Waals surface area contributed by atoms with Gasteiger partial charge in [-0.1, -0.05) is 17.7 Å². The van der Waals surface area contributed by atoms with Gasteiger partial charge < -0.3 is 5.73 Å². The molecule has 0 spiro atoms. The van der Waals surface area contributed by atoms with E-state index >= 15 is 0 Å². The van der Waals surface area contributed by atoms with Crippen LogP contribution in [-0.4, -0.2) is 29.1 Å². The normalized spacial score (nSPS) is 12.6. The van der Waals surface area contributed by atoms with Gasteiger partial charge in [0.2, 0.25) is 20.0 Å². The van der Waals surface area contributed by atoms with Gasteiger partial charge in [0, 0.05) is 18.1 Å². The van der Waals surface area contributed by atoms with E-state index in [4.69, 9.17) is 22.5 Å². The first-order valence-electron chi connectivity index (χ1n) is 5.14. The Morgan fingerprint density at radius 1 is 1.21 bits per heavy atom. The Balaban J connectivity index is 2.86. The van der Waals surface area contributed by atoms with Crippen molar-refractivity contribution in [1.29, 1.82) is 0 Å². The molecule has 0 aliphatic heterocycles. The van der Waals surface area contributed by atoms with Gasteiger partial charge in [-0.2, -0.15) is 0 Å². The van der Waals surface area contributed by atoms with Crippen LogP contribution in [0.5, 0.6) is 0 Å². The van der Waals surface area contributed by atoms with Crippen LogP contribution in [0.25, 0.3) is 0 Å². The van der Waals surface area contributed by atoms with Crippen LogP contribution in [0.2, 0.25) is 5.02 Å². The fourth-order valence-electron chi connectivity index (χ4n) is 1.26. The lowest BCUT2D eigenvalue weighted by Crippen LogP contribution is -2.31. The van der Waals surface area contributed by atoms with Crippen molar-refractivity contribution in [2.24, 2.45) is 10.9 Å². The molecule has 0 amide bonds. The summed E-state index contributed by atoms with van der Waals surface area (Å²) in [6, 6.07) is 4.09. The Labute approximate surface area is 117 Å². The molecule has 108 valence electrons. The highest BCUT2D eigenvalue weighted by molar-refractivity contribution is 7.90. The van der Waals surface area contributed by atoms with Crippen molar-refractivity contribution in [2.75, 3.05) is 12.3 Å². The summed E-state index contributed by atoms with van der Waals surface area (Å²) in [7, 11) is -7.54. The van der Waals surface area contributed by atoms with Gasteiger partial charge in [-0.3, -0.25) is 0 Å². The second kappa shape index (κ2) is 6.16. The molecule has 1 rings (SSSR count). The maximum Gasteiger partial charge on any atom is 0.240 e. The molecular weight excluding hydrogens is 314 g/mol. The van der Waals surface area contributed by atoms with Crippen LogP contribution >= 0.6 is 11.6 Å². The molecule has 5 N–H and O–H groups in total. The lowest BCUT2D eigenvalue weighted by atomic mass is 10.2. The Morgan fingerprint density at radius 2 is 1.84 bits per heavy atom. The van der Waals surface area contributed by atoms with Crippen molar-refractivity contribution in [3.63, 3.8) is 0 Å². The van der Waals surface area contributed by atoms with E-state index in [-0.39, 0.29) is 23.0 Å². The molecule has 0 aliphatic rings. The van der Waals surface area contributed by atoms with Crippen molar-refractivity contribution in [2.45, 2.75) is 11.4 Å². The minimum atomic E-state index is -3.83. The third-order valence-corrected chi connectivity index (χ3v) is 4.82. The highest BCUT2D eigenvalue weighted by Crippen LogP contribution is 2.20. The standard InChI is InChI=1S/C9H14ClN3O4S2/c10-9-5-8(2-1-7(9)6-11)19(16,17)13-3-4-18(12,14)15/h1-2,5,13H,3-4,6,11H2,(H2,12,14,15). The zero-order valence-corrected chi connectivity index (χ0v) is 12.2. The number of hydrogen-bond acceptors (Lipinski definition) is 5. The third kappa shape index (κ3) is 5.05. The first-order chi connectivity index (χ1) is 8.65. The summed E-state index contributed by atoms with van der Waals surface area (Å²) < 4.78 is 47.2. The molecule has 0 heterocycles. The summed E-state index contributed by atoms with van der Waals surface area (Å²) >= 11 is 5.85. The molecule has 0 aliphatic carbocycles. The maximum atomic E-state index is 11.8. The molecule has 0 fully saturated rings. The summed E-state index contributed by atoms with van der Waals surface area (Å²) in [5, 5.41) is 5.00. The van der Waals surface area contributed by atoms with E-state index in [1.807, 2.05) is 0 Å². The van der Waals surface area contributed by atoms with E-state index in [1.165, 1.54) is 18.2 Å². The molecule has 10 heteroatoms. The predicted molar refractivity (Wildman–Crippen MR) is 72.5 cm³/mol. The van der Waals surface area contributed by atoms with Gasteiger partial charge >= 0.3 is 0 Å². The van der Waals surface area contributed by atoms with E-state index in [0.29, 0.717) is 5.56 Å². The number of benzene rings is 1. The van der Waals surface area contributed by atoms with Crippen LogP contribution in [-0.2, 0) is 26.6 Å². The predicted octanol–water partition coefficient (Wildman–Crippen LogP) is -0.634. The summed E-state index contributed by atoms with van der Waals surface area (Å²) in [6.45, 7) is -0.116. The van der Waals surface area contributed by atoms with Crippen LogP contribution < -0.4 is 15.6 Å². The van der Waals surface area contributed by atoms with Gasteiger partial charge in [-0.05, 0) is 17.7 Å². The molecule has 0 unspecified atom stereocenters. The fourth-order valence-corrected chi connectivity index (χ4v) is 3.16. The molecule has 19 heavy (non-hydrogen) atoms. The zero-order valence-electron chi connectivity index (χ0n) is 9.84. The van der Waals surface area contributed by atoms with Gasteiger partial charge in [0.25, 0.3) is 0 Å². The molecule has 1 aromatic rings. The number of nitrogens with one attached hydrogen (secondary N) is 1. The molecule has 7 nitrogen and oxygen atoms in total. The highest BCUT2D eigenvalue weighted by atomic mass is 35.5. The molecule has 0 aromatic heterocycles. The third-order valence-electron chi connectivity index (χ3n) is 2.23. The van der Waals surface area contributed by atoms with E-state index in [9.17, 15) is 16.8 Å². The smallest absolute Gasteiger partial charge is 0.240 e. The van der Waals surface area contributed by atoms with Crippen molar-refractivity contribution < 1.29 is 16.8 Å². The van der Waals surface area contributed by atoms with Crippen LogP contribution in [0.15, 0.2) is 23.1 Å². The van der Waals surface area contributed by atoms with Gasteiger partial charge in [0.15, 0.2) is 0 Å². The molecule has 0 atom stereocenters. The van der Waals surface area contributed by atoms with Crippen LogP contribution in [0.1, 0.15) is 5.56 Å². The topological polar surface area (TPSA) is 132 Å². The first-order valence-corrected chi connectivity index (χ1v) is 8.72. The average molecular weight is 328 g/mol. The van der Waals surface area contributed by atoms with E-state index in [2.05, 4.69) is 4.72 Å². The lowest BCUT2D eigenvalue weighted by Gasteiger charge is -2.08. The van der Waals surface area contributed by atoms with E-state index in [0.717, 1.165) is 0 Å². The number of hydrogen-bond donors (Lipinski definition) is 3. The van der Waals surface area contributed by atoms with Crippen LogP contribution in [0.4, 0.5) is 0 Å². The lowest BCUT2D eigenvalue weighted by molar-refractivity contribution is 0.581. The second-order valence-corrected chi connectivity index (χ2v) is 7.63. The van der Waals surface area contributed by atoms with E-state index < -0.39 is 25.8 Å². The number of nitrogens with two attached hydrogens (primary N) is 2. The van der Waals surface area contributed by atoms with Gasteiger partial charge in [0.1, 0.15) is 0 Å². The SMILES string of the molecule is NCc1ccc(S(=O)(=O)NCCS(N)(=O)=O)cc1Cl. The Hall–Kier alpha value is -0.710. The quantitative estimate of drug-likeness (QED) is 0.639. The molecule has 1 aromatic carbocycles. The van der Waals surface area contributed by atoms with Crippen LogP contribution in [0, 0.1) is 0 Å². The number of halogens is 1. The minimum absolute atomic E-state index is 0.0656. The summed E-state index contributed by atoms with van der Waals surface area (Å²) in [5.41, 5.74) is 6.02. The summed E-state index contributed by atoms with van der Waals surface area (Å²) in [4.78, 5) is -0.0656. The largest absolute Gasteiger partial charge is 0.326 e. The number of primary sulfonamides is 1. The summed E-state index contributed by atoms with van der Waals surface area (Å²) in [5.74, 6) is -0.485. The van der Waals surface area contributed by atoms with Crippen molar-refractivity contribution in [3.05, 3.63) is 28.8 Å². The van der Waals surface area contributed by atoms with Crippen molar-refractivity contribution in [3.8, 4) is 0 Å². The average Bonchev–Trinajstić information content (AvgIpc) is 2.26. The Morgan fingerprint density at radius 3 is 2.32 bits per heavy atom. The molecule has 0 saturated carbocycles. The second-order valence-electron chi connectivity index (χ2n) is 3.72. The molecule has 0 saturated heterocycles. The van der Waals surface area contributed by atoms with Gasteiger partial charge in [0.05, 0.1) is 10.6 Å². The zero-order chi connectivity index (χ0) is 14.7. The van der Waals surface area contributed by atoms with Crippen LogP contribution in [0.3, 0.4) is 0 Å². The number of rotatable bonds is 6. The fraction of sp³-hybridized carbons (Fsp3) is 0.333. The first kappa shape index (κ1) is 16.3. The molecule has 0 radical (unpaired) electrons. The Kier molecular flexibility index (Phi) is 5.30. The van der Waals surface area contributed by atoms with Gasteiger partial charge in [-0.15, -0.1) is 0 Å². The minimum Gasteiger partial charge on any atom is -0.326 e. The summed E-state index contributed by atoms with van der Waals surface area (Å²) in [6.07, 6.45) is 0. The molecular formula is C9H14ClN3O4S2. The number of sulfonamides is 2. The Bertz CT molecular complexity index is 658. The maximum absolute atomic E-state index is 11.8. The molecule has 0 bridgehead atoms. The highest BCUT2D eigenvalue weighted by Gasteiger charge is 2.16. The monoisotopic (exact) mass is 327 g/mol. The van der Waals surface area contributed by atoms with E-state index in [1.54, 1.807) is 0 Å². The van der Waals surface area contributed by atoms with Crippen molar-refractivity contribution in [1.82, 2.24) is 4.72 Å². The van der Waals surface area contributed by atoms with Crippen molar-refractivity contribution >= 4 is 31.6 Å². The van der Waals surface area contributed by atoms with Gasteiger partial charge in [-0.25, -0.2) is 26.7 Å².